The zero-order valence-electron chi connectivity index (χ0n) is 13.8. The third kappa shape index (κ3) is 3.71. The quantitative estimate of drug-likeness (QED) is 0.753. The van der Waals surface area contributed by atoms with Crippen molar-refractivity contribution >= 4 is 12.4 Å². The molecule has 1 aromatic carbocycles. The maximum absolute atomic E-state index is 12.3. The number of aromatic nitrogens is 4. The highest BCUT2D eigenvalue weighted by molar-refractivity contribution is 5.85. The van der Waals surface area contributed by atoms with E-state index < -0.39 is 6.61 Å². The Bertz CT molecular complexity index is 839. The van der Waals surface area contributed by atoms with Gasteiger partial charge in [-0.3, -0.25) is 9.25 Å². The van der Waals surface area contributed by atoms with E-state index in [-0.39, 0.29) is 18.2 Å². The minimum atomic E-state index is -2.83. The molecule has 2 aromatic heterocycles. The number of fused-ring (bicyclic) bond motifs is 1. The highest BCUT2D eigenvalue weighted by atomic mass is 35.5. The fraction of sp³-hybridized carbons (Fsp3) is 0.294. The predicted molar refractivity (Wildman–Crippen MR) is 95.0 cm³/mol. The molecular formula is C17H18ClF2N5O. The van der Waals surface area contributed by atoms with Crippen LogP contribution in [0.1, 0.15) is 12.1 Å². The molecule has 1 N–H and O–H groups in total. The van der Waals surface area contributed by atoms with Crippen LogP contribution in [0, 0.1) is 0 Å². The second kappa shape index (κ2) is 7.84. The molecule has 0 amide bonds. The van der Waals surface area contributed by atoms with Crippen LogP contribution in [0.5, 0.6) is 5.75 Å². The zero-order chi connectivity index (χ0) is 17.2. The molecule has 26 heavy (non-hydrogen) atoms. The summed E-state index contributed by atoms with van der Waals surface area (Å²) in [7, 11) is 0. The van der Waals surface area contributed by atoms with E-state index in [0.717, 1.165) is 43.1 Å². The molecule has 0 aliphatic carbocycles. The van der Waals surface area contributed by atoms with Crippen molar-refractivity contribution in [2.24, 2.45) is 0 Å². The average Bonchev–Trinajstić information content (AvgIpc) is 3.17. The molecular weight excluding hydrogens is 364 g/mol. The van der Waals surface area contributed by atoms with E-state index >= 15 is 0 Å². The van der Waals surface area contributed by atoms with Gasteiger partial charge < -0.3 is 10.1 Å². The number of ether oxygens (including phenoxy) is 1. The van der Waals surface area contributed by atoms with Gasteiger partial charge in [-0.25, -0.2) is 4.98 Å². The van der Waals surface area contributed by atoms with Gasteiger partial charge in [0, 0.05) is 31.2 Å². The molecule has 0 radical (unpaired) electrons. The fourth-order valence-electron chi connectivity index (χ4n) is 2.96. The highest BCUT2D eigenvalue weighted by Gasteiger charge is 2.16. The van der Waals surface area contributed by atoms with Crippen molar-refractivity contribution in [2.75, 3.05) is 6.54 Å². The van der Waals surface area contributed by atoms with Crippen LogP contribution < -0.4 is 10.1 Å². The van der Waals surface area contributed by atoms with Crippen LogP contribution in [-0.2, 0) is 13.1 Å². The number of hydrogen-bond donors (Lipinski definition) is 1. The summed E-state index contributed by atoms with van der Waals surface area (Å²) in [5, 5.41) is 8.03. The number of benzene rings is 1. The molecule has 9 heteroatoms. The molecule has 0 bridgehead atoms. The average molecular weight is 382 g/mol. The van der Waals surface area contributed by atoms with Crippen LogP contribution in [-0.4, -0.2) is 32.5 Å². The van der Waals surface area contributed by atoms with Crippen molar-refractivity contribution in [3.63, 3.8) is 0 Å². The van der Waals surface area contributed by atoms with Gasteiger partial charge in [-0.15, -0.1) is 12.4 Å². The first-order valence-electron chi connectivity index (χ1n) is 8.07. The van der Waals surface area contributed by atoms with Gasteiger partial charge in [0.25, 0.3) is 0 Å². The van der Waals surface area contributed by atoms with Crippen molar-refractivity contribution in [1.29, 1.82) is 0 Å². The molecule has 1 aliphatic heterocycles. The number of imidazole rings is 1. The molecule has 0 saturated carbocycles. The Labute approximate surface area is 155 Å². The first kappa shape index (κ1) is 18.3. The van der Waals surface area contributed by atoms with Crippen molar-refractivity contribution < 1.29 is 13.5 Å². The van der Waals surface area contributed by atoms with Crippen LogP contribution in [0.25, 0.3) is 17.2 Å². The van der Waals surface area contributed by atoms with Gasteiger partial charge in [0.2, 0.25) is 0 Å². The minimum Gasteiger partial charge on any atom is -0.435 e. The Morgan fingerprint density at radius 1 is 1.19 bits per heavy atom. The van der Waals surface area contributed by atoms with Gasteiger partial charge in [0.1, 0.15) is 11.4 Å². The van der Waals surface area contributed by atoms with Gasteiger partial charge in [0.05, 0.1) is 5.69 Å². The summed E-state index contributed by atoms with van der Waals surface area (Å²) < 4.78 is 32.8. The number of nitrogens with zero attached hydrogens (tertiary/aromatic N) is 4. The van der Waals surface area contributed by atoms with E-state index in [2.05, 4.69) is 20.1 Å². The van der Waals surface area contributed by atoms with Crippen LogP contribution in [0.2, 0.25) is 0 Å². The normalized spacial score (nSPS) is 13.8. The minimum absolute atomic E-state index is 0. The second-order valence-electron chi connectivity index (χ2n) is 5.77. The Hall–Kier alpha value is -2.45. The van der Waals surface area contributed by atoms with Gasteiger partial charge in [-0.05, 0) is 43.3 Å². The van der Waals surface area contributed by atoms with E-state index in [0.29, 0.717) is 5.82 Å². The Morgan fingerprint density at radius 3 is 2.77 bits per heavy atom. The molecule has 0 fully saturated rings. The lowest BCUT2D eigenvalue weighted by molar-refractivity contribution is -0.0498. The lowest BCUT2D eigenvalue weighted by Gasteiger charge is -2.08. The van der Waals surface area contributed by atoms with E-state index in [1.54, 1.807) is 18.3 Å². The summed E-state index contributed by atoms with van der Waals surface area (Å²) in [6.45, 7) is -0.180. The second-order valence-corrected chi connectivity index (χ2v) is 5.77. The maximum Gasteiger partial charge on any atom is 0.387 e. The molecule has 0 atom stereocenters. The fourth-order valence-corrected chi connectivity index (χ4v) is 2.96. The maximum atomic E-state index is 12.3. The van der Waals surface area contributed by atoms with Gasteiger partial charge in [0.15, 0.2) is 5.82 Å². The molecule has 0 saturated heterocycles. The Morgan fingerprint density at radius 2 is 2.00 bits per heavy atom. The van der Waals surface area contributed by atoms with Crippen molar-refractivity contribution in [3.8, 4) is 23.0 Å². The van der Waals surface area contributed by atoms with E-state index in [1.807, 2.05) is 21.5 Å². The van der Waals surface area contributed by atoms with Crippen LogP contribution in [0.4, 0.5) is 8.78 Å². The van der Waals surface area contributed by atoms with Gasteiger partial charge in [-0.1, -0.05) is 0 Å². The van der Waals surface area contributed by atoms with E-state index in [4.69, 9.17) is 0 Å². The first-order chi connectivity index (χ1) is 12.2. The lowest BCUT2D eigenvalue weighted by atomic mass is 10.3. The number of alkyl halides is 2. The molecule has 138 valence electrons. The van der Waals surface area contributed by atoms with E-state index in [1.165, 1.54) is 12.1 Å². The predicted octanol–water partition coefficient (Wildman–Crippen LogP) is 3.25. The first-order valence-corrected chi connectivity index (χ1v) is 8.07. The van der Waals surface area contributed by atoms with Crippen molar-refractivity contribution in [3.05, 3.63) is 48.4 Å². The number of rotatable bonds is 4. The number of halogens is 3. The molecule has 1 aliphatic rings. The van der Waals surface area contributed by atoms with E-state index in [9.17, 15) is 8.78 Å². The molecule has 4 rings (SSSR count). The van der Waals surface area contributed by atoms with Gasteiger partial charge in [-0.2, -0.15) is 13.9 Å². The number of aryl methyl sites for hydroxylation is 1. The SMILES string of the molecule is Cl.FC(F)Oc1ccc(-n2ccnc2-c2cc3n(n2)CCCNC3)cc1. The number of hydrogen-bond acceptors (Lipinski definition) is 4. The monoisotopic (exact) mass is 381 g/mol. The van der Waals surface area contributed by atoms with Crippen LogP contribution >= 0.6 is 12.4 Å². The molecule has 6 nitrogen and oxygen atoms in total. The summed E-state index contributed by atoms with van der Waals surface area (Å²) in [4.78, 5) is 4.42. The number of nitrogens with one attached hydrogen (secondary N) is 1. The summed E-state index contributed by atoms with van der Waals surface area (Å²) >= 11 is 0. The third-order valence-corrected chi connectivity index (χ3v) is 4.10. The molecule has 3 aromatic rings. The van der Waals surface area contributed by atoms with Gasteiger partial charge >= 0.3 is 6.61 Å². The summed E-state index contributed by atoms with van der Waals surface area (Å²) in [6, 6.07) is 8.48. The van der Waals surface area contributed by atoms with Crippen molar-refractivity contribution in [2.45, 2.75) is 26.1 Å². The molecule has 3 heterocycles. The van der Waals surface area contributed by atoms with Crippen molar-refractivity contribution in [1.82, 2.24) is 24.6 Å². The zero-order valence-corrected chi connectivity index (χ0v) is 14.6. The summed E-state index contributed by atoms with van der Waals surface area (Å²) in [5.41, 5.74) is 2.72. The largest absolute Gasteiger partial charge is 0.435 e. The Kier molecular flexibility index (Phi) is 5.53. The summed E-state index contributed by atoms with van der Waals surface area (Å²) in [6.07, 6.45) is 4.55. The molecule has 0 spiro atoms. The highest BCUT2D eigenvalue weighted by Crippen LogP contribution is 2.24. The standard InChI is InChI=1S/C17H17F2N5O.ClH/c18-17(19)25-14-4-2-12(3-5-14)23-9-7-21-16(23)15-10-13-11-20-6-1-8-24(13)22-15;/h2-5,7,9-10,17,20H,1,6,8,11H2;1H. The third-order valence-electron chi connectivity index (χ3n) is 4.10. The van der Waals surface area contributed by atoms with Crippen LogP contribution in [0.3, 0.4) is 0 Å². The smallest absolute Gasteiger partial charge is 0.387 e. The lowest BCUT2D eigenvalue weighted by Crippen LogP contribution is -2.11. The summed E-state index contributed by atoms with van der Waals surface area (Å²) in [5.74, 6) is 0.836. The Balaban J connectivity index is 0.00000196. The van der Waals surface area contributed by atoms with Crippen LogP contribution in [0.15, 0.2) is 42.7 Å². The molecule has 0 unspecified atom stereocenters. The topological polar surface area (TPSA) is 56.9 Å².